The molecule has 0 fully saturated rings. The third-order valence-electron chi connectivity index (χ3n) is 4.21. The Morgan fingerprint density at radius 3 is 3.00 bits per heavy atom. The molecule has 1 aromatic carbocycles. The smallest absolute Gasteiger partial charge is 0.314 e. The first-order valence-electron chi connectivity index (χ1n) is 8.46. The van der Waals surface area contributed by atoms with Crippen molar-refractivity contribution in [2.24, 2.45) is 0 Å². The number of carbonyl (C=O) groups is 1. The van der Waals surface area contributed by atoms with Crippen molar-refractivity contribution in [2.75, 3.05) is 19.7 Å². The van der Waals surface area contributed by atoms with Crippen molar-refractivity contribution in [1.29, 1.82) is 0 Å². The highest BCUT2D eigenvalue weighted by Crippen LogP contribution is 2.35. The van der Waals surface area contributed by atoms with Gasteiger partial charge in [0, 0.05) is 29.6 Å². The van der Waals surface area contributed by atoms with Gasteiger partial charge in [0.1, 0.15) is 11.3 Å². The number of fused-ring (bicyclic) bond motifs is 3. The lowest BCUT2D eigenvalue weighted by atomic mass is 9.98. The molecule has 0 saturated heterocycles. The van der Waals surface area contributed by atoms with Crippen molar-refractivity contribution in [3.63, 3.8) is 0 Å². The summed E-state index contributed by atoms with van der Waals surface area (Å²) in [5, 5.41) is 6.92. The van der Waals surface area contributed by atoms with E-state index in [9.17, 15) is 4.79 Å². The maximum Gasteiger partial charge on any atom is 0.314 e. The second-order valence-corrected chi connectivity index (χ2v) is 5.91. The molecule has 2 amide bonds. The van der Waals surface area contributed by atoms with E-state index < -0.39 is 0 Å². The quantitative estimate of drug-likeness (QED) is 0.803. The SMILES string of the molecule is CCCCNC(=O)NCCc1coc2ccc3c(c12)CCCO3. The van der Waals surface area contributed by atoms with Crippen LogP contribution in [0.3, 0.4) is 0 Å². The van der Waals surface area contributed by atoms with E-state index in [-0.39, 0.29) is 6.03 Å². The minimum absolute atomic E-state index is 0.100. The predicted molar refractivity (Wildman–Crippen MR) is 90.0 cm³/mol. The van der Waals surface area contributed by atoms with E-state index in [1.807, 2.05) is 12.1 Å². The molecule has 0 radical (unpaired) electrons. The number of hydrogen-bond donors (Lipinski definition) is 2. The molecule has 3 rings (SSSR count). The number of furan rings is 1. The van der Waals surface area contributed by atoms with E-state index in [0.29, 0.717) is 6.54 Å². The molecule has 2 aromatic rings. The van der Waals surface area contributed by atoms with Gasteiger partial charge in [0.15, 0.2) is 0 Å². The van der Waals surface area contributed by atoms with E-state index >= 15 is 0 Å². The predicted octanol–water partition coefficient (Wildman–Crippen LogP) is 3.40. The Balaban J connectivity index is 1.63. The van der Waals surface area contributed by atoms with Gasteiger partial charge >= 0.3 is 6.03 Å². The summed E-state index contributed by atoms with van der Waals surface area (Å²) in [4.78, 5) is 11.7. The number of ether oxygens (including phenoxy) is 1. The van der Waals surface area contributed by atoms with Crippen LogP contribution < -0.4 is 15.4 Å². The zero-order valence-electron chi connectivity index (χ0n) is 13.6. The summed E-state index contributed by atoms with van der Waals surface area (Å²) in [6.45, 7) is 4.21. The molecule has 0 bridgehead atoms. The topological polar surface area (TPSA) is 63.5 Å². The fraction of sp³-hybridized carbons (Fsp3) is 0.500. The van der Waals surface area contributed by atoms with Gasteiger partial charge in [-0.05, 0) is 37.8 Å². The van der Waals surface area contributed by atoms with Gasteiger partial charge in [-0.15, -0.1) is 0 Å². The molecule has 0 saturated carbocycles. The second-order valence-electron chi connectivity index (χ2n) is 5.91. The molecule has 0 aliphatic carbocycles. The number of amides is 2. The molecule has 0 atom stereocenters. The average Bonchev–Trinajstić information content (AvgIpc) is 2.99. The largest absolute Gasteiger partial charge is 0.493 e. The summed E-state index contributed by atoms with van der Waals surface area (Å²) in [5.41, 5.74) is 3.28. The molecule has 0 unspecified atom stereocenters. The van der Waals surface area contributed by atoms with E-state index in [4.69, 9.17) is 9.15 Å². The van der Waals surface area contributed by atoms with Crippen LogP contribution in [0, 0.1) is 0 Å². The highest BCUT2D eigenvalue weighted by Gasteiger charge is 2.18. The van der Waals surface area contributed by atoms with Crippen LogP contribution in [0.15, 0.2) is 22.8 Å². The molecule has 2 N–H and O–H groups in total. The number of carbonyl (C=O) groups excluding carboxylic acids is 1. The molecule has 2 heterocycles. The van der Waals surface area contributed by atoms with Crippen molar-refractivity contribution in [2.45, 2.75) is 39.0 Å². The van der Waals surface area contributed by atoms with Crippen molar-refractivity contribution >= 4 is 17.0 Å². The lowest BCUT2D eigenvalue weighted by molar-refractivity contribution is 0.241. The van der Waals surface area contributed by atoms with Gasteiger partial charge in [0.2, 0.25) is 0 Å². The third kappa shape index (κ3) is 3.60. The summed E-state index contributed by atoms with van der Waals surface area (Å²) in [7, 11) is 0. The number of benzene rings is 1. The average molecular weight is 316 g/mol. The summed E-state index contributed by atoms with van der Waals surface area (Å²) in [6.07, 6.45) is 6.69. The standard InChI is InChI=1S/C18H24N2O3/c1-2-3-9-19-18(21)20-10-8-13-12-23-16-7-6-15-14(17(13)16)5-4-11-22-15/h6-7,12H,2-5,8-11H2,1H3,(H2,19,20,21). The summed E-state index contributed by atoms with van der Waals surface area (Å²) >= 11 is 0. The van der Waals surface area contributed by atoms with Crippen molar-refractivity contribution in [3.05, 3.63) is 29.5 Å². The van der Waals surface area contributed by atoms with Crippen LogP contribution in [0.25, 0.3) is 11.0 Å². The maximum absolute atomic E-state index is 11.7. The zero-order chi connectivity index (χ0) is 16.1. The number of hydrogen-bond acceptors (Lipinski definition) is 3. The van der Waals surface area contributed by atoms with Crippen LogP contribution in [0.4, 0.5) is 4.79 Å². The summed E-state index contributed by atoms with van der Waals surface area (Å²) in [6, 6.07) is 3.86. The van der Waals surface area contributed by atoms with Gasteiger partial charge < -0.3 is 19.8 Å². The molecular weight excluding hydrogens is 292 g/mol. The van der Waals surface area contributed by atoms with E-state index in [1.165, 1.54) is 5.56 Å². The molecule has 124 valence electrons. The van der Waals surface area contributed by atoms with E-state index in [0.717, 1.165) is 67.5 Å². The minimum atomic E-state index is -0.100. The highest BCUT2D eigenvalue weighted by atomic mass is 16.5. The third-order valence-corrected chi connectivity index (χ3v) is 4.21. The Hall–Kier alpha value is -2.17. The number of rotatable bonds is 6. The highest BCUT2D eigenvalue weighted by molar-refractivity contribution is 5.87. The minimum Gasteiger partial charge on any atom is -0.493 e. The second kappa shape index (κ2) is 7.40. The lowest BCUT2D eigenvalue weighted by Gasteiger charge is -2.18. The van der Waals surface area contributed by atoms with Gasteiger partial charge in [-0.25, -0.2) is 4.79 Å². The van der Waals surface area contributed by atoms with Crippen LogP contribution in [-0.4, -0.2) is 25.7 Å². The normalized spacial score (nSPS) is 13.4. The molecule has 1 aliphatic heterocycles. The Labute approximate surface area is 136 Å². The number of urea groups is 1. The van der Waals surface area contributed by atoms with E-state index in [2.05, 4.69) is 17.6 Å². The molecule has 5 nitrogen and oxygen atoms in total. The Kier molecular flexibility index (Phi) is 5.05. The zero-order valence-corrected chi connectivity index (χ0v) is 13.6. The van der Waals surface area contributed by atoms with Crippen LogP contribution in [-0.2, 0) is 12.8 Å². The number of unbranched alkanes of at least 4 members (excludes halogenated alkanes) is 1. The Morgan fingerprint density at radius 2 is 2.13 bits per heavy atom. The van der Waals surface area contributed by atoms with Crippen molar-refractivity contribution in [1.82, 2.24) is 10.6 Å². The first kappa shape index (κ1) is 15.7. The van der Waals surface area contributed by atoms with Crippen molar-refractivity contribution in [3.8, 4) is 5.75 Å². The van der Waals surface area contributed by atoms with Gasteiger partial charge in [-0.1, -0.05) is 13.3 Å². The Morgan fingerprint density at radius 1 is 1.26 bits per heavy atom. The van der Waals surface area contributed by atoms with Gasteiger partial charge in [-0.2, -0.15) is 0 Å². The van der Waals surface area contributed by atoms with Crippen LogP contribution >= 0.6 is 0 Å². The van der Waals surface area contributed by atoms with Crippen LogP contribution in [0.2, 0.25) is 0 Å². The van der Waals surface area contributed by atoms with Gasteiger partial charge in [0.05, 0.1) is 12.9 Å². The van der Waals surface area contributed by atoms with Crippen LogP contribution in [0.5, 0.6) is 5.75 Å². The molecule has 5 heteroatoms. The Bertz CT molecular complexity index is 678. The van der Waals surface area contributed by atoms with Gasteiger partial charge in [0.25, 0.3) is 0 Å². The van der Waals surface area contributed by atoms with Crippen molar-refractivity contribution < 1.29 is 13.9 Å². The molecule has 1 aliphatic rings. The van der Waals surface area contributed by atoms with Gasteiger partial charge in [-0.3, -0.25) is 0 Å². The molecular formula is C18H24N2O3. The van der Waals surface area contributed by atoms with Crippen LogP contribution in [0.1, 0.15) is 37.3 Å². The van der Waals surface area contributed by atoms with E-state index in [1.54, 1.807) is 6.26 Å². The monoisotopic (exact) mass is 316 g/mol. The molecule has 23 heavy (non-hydrogen) atoms. The molecule has 0 spiro atoms. The number of aryl methyl sites for hydroxylation is 1. The summed E-state index contributed by atoms with van der Waals surface area (Å²) in [5.74, 6) is 0.969. The lowest BCUT2D eigenvalue weighted by Crippen LogP contribution is -2.37. The fourth-order valence-electron chi connectivity index (χ4n) is 3.00. The number of nitrogens with one attached hydrogen (secondary N) is 2. The first-order valence-corrected chi connectivity index (χ1v) is 8.46. The molecule has 1 aromatic heterocycles. The fourth-order valence-corrected chi connectivity index (χ4v) is 3.00. The first-order chi connectivity index (χ1) is 11.3. The summed E-state index contributed by atoms with van der Waals surface area (Å²) < 4.78 is 11.4. The maximum atomic E-state index is 11.7.